The number of pyridine rings is 1. The van der Waals surface area contributed by atoms with Gasteiger partial charge in [0.2, 0.25) is 0 Å². The third-order valence-electron chi connectivity index (χ3n) is 4.70. The molecule has 1 N–H and O–H groups in total. The number of benzene rings is 2. The van der Waals surface area contributed by atoms with Gasteiger partial charge in [0.1, 0.15) is 5.82 Å². The van der Waals surface area contributed by atoms with E-state index >= 15 is 0 Å². The fourth-order valence-electron chi connectivity index (χ4n) is 3.43. The summed E-state index contributed by atoms with van der Waals surface area (Å²) in [5, 5.41) is 3.46. The second kappa shape index (κ2) is 8.19. The molecule has 0 saturated heterocycles. The number of hydrogen-bond donors (Lipinski definition) is 1. The summed E-state index contributed by atoms with van der Waals surface area (Å²) in [7, 11) is 0. The van der Waals surface area contributed by atoms with Crippen molar-refractivity contribution in [3.05, 3.63) is 84.3 Å². The van der Waals surface area contributed by atoms with Gasteiger partial charge in [0, 0.05) is 23.7 Å². The second-order valence-electron chi connectivity index (χ2n) is 8.34. The summed E-state index contributed by atoms with van der Waals surface area (Å²) in [4.78, 5) is 4.83. The molecule has 0 unspecified atom stereocenters. The summed E-state index contributed by atoms with van der Waals surface area (Å²) in [5.74, 6) is 1.12. The highest BCUT2D eigenvalue weighted by atomic mass is 19.1. The summed E-state index contributed by atoms with van der Waals surface area (Å²) in [6.07, 6.45) is 2.74. The monoisotopic (exact) mass is 403 g/mol. The largest absolute Gasteiger partial charge is 0.489 e. The van der Waals surface area contributed by atoms with E-state index in [9.17, 15) is 4.39 Å². The molecule has 0 atom stereocenters. The highest BCUT2D eigenvalue weighted by Crippen LogP contribution is 2.34. The maximum Gasteiger partial charge on any atom is 0.182 e. The van der Waals surface area contributed by atoms with E-state index in [1.807, 2.05) is 47.0 Å². The van der Waals surface area contributed by atoms with Crippen LogP contribution in [0.15, 0.2) is 72.9 Å². The zero-order valence-corrected chi connectivity index (χ0v) is 17.5. The van der Waals surface area contributed by atoms with E-state index in [0.29, 0.717) is 23.8 Å². The number of fused-ring (bicyclic) bond motifs is 1. The maximum atomic E-state index is 14.0. The summed E-state index contributed by atoms with van der Waals surface area (Å²) in [6.45, 7) is 6.77. The van der Waals surface area contributed by atoms with E-state index in [1.165, 1.54) is 17.7 Å². The topological polar surface area (TPSA) is 38.6 Å². The van der Waals surface area contributed by atoms with Crippen LogP contribution in [0.3, 0.4) is 0 Å². The van der Waals surface area contributed by atoms with Gasteiger partial charge in [0.15, 0.2) is 17.2 Å². The Bertz CT molecular complexity index is 1150. The first kappa shape index (κ1) is 20.0. The van der Waals surface area contributed by atoms with E-state index in [1.54, 1.807) is 6.07 Å². The number of rotatable bonds is 6. The third kappa shape index (κ3) is 4.46. The Labute approximate surface area is 176 Å². The predicted molar refractivity (Wildman–Crippen MR) is 120 cm³/mol. The number of hydrogen-bond acceptors (Lipinski definition) is 3. The highest BCUT2D eigenvalue weighted by molar-refractivity contribution is 5.79. The van der Waals surface area contributed by atoms with Crippen LogP contribution in [0.5, 0.6) is 5.75 Å². The van der Waals surface area contributed by atoms with E-state index in [2.05, 4.69) is 38.2 Å². The average molecular weight is 404 g/mol. The minimum atomic E-state index is -0.278. The lowest BCUT2D eigenvalue weighted by Gasteiger charge is -2.21. The van der Waals surface area contributed by atoms with Crippen LogP contribution in [0.1, 0.15) is 26.3 Å². The van der Waals surface area contributed by atoms with Crippen molar-refractivity contribution in [3.8, 4) is 17.0 Å². The van der Waals surface area contributed by atoms with Crippen LogP contribution >= 0.6 is 0 Å². The van der Waals surface area contributed by atoms with Gasteiger partial charge in [-0.2, -0.15) is 0 Å². The molecule has 0 fully saturated rings. The summed E-state index contributed by atoms with van der Waals surface area (Å²) < 4.78 is 22.0. The van der Waals surface area contributed by atoms with Crippen LogP contribution in [0.2, 0.25) is 0 Å². The Morgan fingerprint density at radius 1 is 1.00 bits per heavy atom. The van der Waals surface area contributed by atoms with Gasteiger partial charge in [-0.3, -0.25) is 4.40 Å². The fourth-order valence-corrected chi connectivity index (χ4v) is 3.43. The number of aromatic nitrogens is 2. The maximum absolute atomic E-state index is 14.0. The first-order chi connectivity index (χ1) is 14.4. The van der Waals surface area contributed by atoms with Crippen LogP contribution in [-0.2, 0) is 6.42 Å². The highest BCUT2D eigenvalue weighted by Gasteiger charge is 2.21. The van der Waals surface area contributed by atoms with Gasteiger partial charge in [0.25, 0.3) is 0 Å². The van der Waals surface area contributed by atoms with Gasteiger partial charge in [0.05, 0.1) is 12.3 Å². The molecule has 0 aliphatic rings. The molecule has 4 rings (SSSR count). The average Bonchev–Trinajstić information content (AvgIpc) is 3.06. The Kier molecular flexibility index (Phi) is 5.44. The van der Waals surface area contributed by atoms with E-state index < -0.39 is 0 Å². The van der Waals surface area contributed by atoms with Gasteiger partial charge in [-0.05, 0) is 50.6 Å². The van der Waals surface area contributed by atoms with Gasteiger partial charge < -0.3 is 10.1 Å². The van der Waals surface area contributed by atoms with Crippen molar-refractivity contribution in [3.63, 3.8) is 0 Å². The number of nitrogens with zero attached hydrogens (tertiary/aromatic N) is 2. The molecule has 2 aromatic carbocycles. The molecule has 0 saturated carbocycles. The number of halogens is 1. The summed E-state index contributed by atoms with van der Waals surface area (Å²) >= 11 is 0. The Morgan fingerprint density at radius 3 is 2.53 bits per heavy atom. The van der Waals surface area contributed by atoms with Crippen molar-refractivity contribution < 1.29 is 9.13 Å². The SMILES string of the molecule is CC(C)(C)Nc1nc2c(OCCc3ccccc3)cccn2c1-c1cccc(F)c1. The van der Waals surface area contributed by atoms with Gasteiger partial charge in [-0.1, -0.05) is 42.5 Å². The molecule has 2 aromatic heterocycles. The number of anilines is 1. The molecule has 0 aliphatic carbocycles. The van der Waals surface area contributed by atoms with Gasteiger partial charge >= 0.3 is 0 Å². The fraction of sp³-hybridized carbons (Fsp3) is 0.240. The molecule has 154 valence electrons. The number of ether oxygens (including phenoxy) is 1. The summed E-state index contributed by atoms with van der Waals surface area (Å²) in [6, 6.07) is 20.7. The Balaban J connectivity index is 1.72. The van der Waals surface area contributed by atoms with Crippen molar-refractivity contribution in [1.29, 1.82) is 0 Å². The molecule has 0 amide bonds. The van der Waals surface area contributed by atoms with E-state index in [-0.39, 0.29) is 11.4 Å². The van der Waals surface area contributed by atoms with Gasteiger partial charge in [-0.25, -0.2) is 9.37 Å². The summed E-state index contributed by atoms with van der Waals surface area (Å²) in [5.41, 5.74) is 3.30. The number of imidazole rings is 1. The van der Waals surface area contributed by atoms with Crippen molar-refractivity contribution >= 4 is 11.5 Å². The van der Waals surface area contributed by atoms with Crippen molar-refractivity contribution in [1.82, 2.24) is 9.38 Å². The molecular formula is C25H26FN3O. The molecule has 0 spiro atoms. The van der Waals surface area contributed by atoms with Crippen molar-refractivity contribution in [2.75, 3.05) is 11.9 Å². The standard InChI is InChI=1S/C25H26FN3O/c1-25(2,3)28-23-22(19-11-7-12-20(26)17-19)29-15-8-13-21(24(29)27-23)30-16-14-18-9-5-4-6-10-18/h4-13,15,17,28H,14,16H2,1-3H3. The number of nitrogens with one attached hydrogen (secondary N) is 1. The van der Waals surface area contributed by atoms with E-state index in [0.717, 1.165) is 17.7 Å². The van der Waals surface area contributed by atoms with Crippen molar-refractivity contribution in [2.45, 2.75) is 32.7 Å². The lowest BCUT2D eigenvalue weighted by molar-refractivity contribution is 0.324. The molecule has 4 aromatic rings. The van der Waals surface area contributed by atoms with Crippen LogP contribution in [0.25, 0.3) is 16.9 Å². The quantitative estimate of drug-likeness (QED) is 0.431. The molecule has 0 bridgehead atoms. The smallest absolute Gasteiger partial charge is 0.182 e. The minimum absolute atomic E-state index is 0.200. The minimum Gasteiger partial charge on any atom is -0.489 e. The lowest BCUT2D eigenvalue weighted by atomic mass is 10.1. The second-order valence-corrected chi connectivity index (χ2v) is 8.34. The van der Waals surface area contributed by atoms with Crippen LogP contribution < -0.4 is 10.1 Å². The molecule has 2 heterocycles. The lowest BCUT2D eigenvalue weighted by Crippen LogP contribution is -2.26. The van der Waals surface area contributed by atoms with Crippen molar-refractivity contribution in [2.24, 2.45) is 0 Å². The first-order valence-electron chi connectivity index (χ1n) is 10.1. The normalized spacial score (nSPS) is 11.6. The predicted octanol–water partition coefficient (Wildman–Crippen LogP) is 5.97. The Hall–Kier alpha value is -3.34. The van der Waals surface area contributed by atoms with Crippen LogP contribution in [-0.4, -0.2) is 21.5 Å². The first-order valence-corrected chi connectivity index (χ1v) is 10.1. The molecule has 5 heteroatoms. The Morgan fingerprint density at radius 2 is 1.80 bits per heavy atom. The zero-order chi connectivity index (χ0) is 21.1. The molecule has 0 radical (unpaired) electrons. The molecule has 0 aliphatic heterocycles. The van der Waals surface area contributed by atoms with Crippen LogP contribution in [0, 0.1) is 5.82 Å². The molecular weight excluding hydrogens is 377 g/mol. The van der Waals surface area contributed by atoms with E-state index in [4.69, 9.17) is 9.72 Å². The van der Waals surface area contributed by atoms with Crippen LogP contribution in [0.4, 0.5) is 10.2 Å². The zero-order valence-electron chi connectivity index (χ0n) is 17.5. The van der Waals surface area contributed by atoms with Gasteiger partial charge in [-0.15, -0.1) is 0 Å². The molecule has 30 heavy (non-hydrogen) atoms. The molecule has 4 nitrogen and oxygen atoms in total. The third-order valence-corrected chi connectivity index (χ3v) is 4.70.